The monoisotopic (exact) mass is 397 g/mol. The molecule has 0 saturated carbocycles. The van der Waals surface area contributed by atoms with Gasteiger partial charge in [0.25, 0.3) is 0 Å². The van der Waals surface area contributed by atoms with E-state index in [4.69, 9.17) is 34.8 Å². The smallest absolute Gasteiger partial charge is 0.238 e. The van der Waals surface area contributed by atoms with Crippen molar-refractivity contribution in [3.63, 3.8) is 0 Å². The van der Waals surface area contributed by atoms with E-state index in [1.807, 2.05) is 24.3 Å². The number of anilines is 2. The average Bonchev–Trinajstić information content (AvgIpc) is 2.59. The van der Waals surface area contributed by atoms with Crippen molar-refractivity contribution in [2.75, 3.05) is 42.9 Å². The van der Waals surface area contributed by atoms with Crippen LogP contribution in [0, 0.1) is 0 Å². The molecule has 25 heavy (non-hydrogen) atoms. The van der Waals surface area contributed by atoms with Gasteiger partial charge in [-0.1, -0.05) is 46.9 Å². The number of carbonyl (C=O) groups is 1. The zero-order valence-electron chi connectivity index (χ0n) is 13.5. The molecular formula is C18H18Cl3N3O. The molecule has 132 valence electrons. The van der Waals surface area contributed by atoms with Crippen LogP contribution in [0.1, 0.15) is 0 Å². The second kappa shape index (κ2) is 8.28. The van der Waals surface area contributed by atoms with Crippen LogP contribution in [0.2, 0.25) is 15.1 Å². The largest absolute Gasteiger partial charge is 0.368 e. The molecule has 1 aliphatic rings. The van der Waals surface area contributed by atoms with Gasteiger partial charge in [0, 0.05) is 31.2 Å². The summed E-state index contributed by atoms with van der Waals surface area (Å²) in [4.78, 5) is 16.6. The summed E-state index contributed by atoms with van der Waals surface area (Å²) in [5, 5.41) is 4.56. The Labute approximate surface area is 162 Å². The number of para-hydroxylation sites is 1. The van der Waals surface area contributed by atoms with Crippen LogP contribution in [0.15, 0.2) is 42.5 Å². The maximum absolute atomic E-state index is 12.2. The number of amides is 1. The summed E-state index contributed by atoms with van der Waals surface area (Å²) in [6, 6.07) is 12.8. The summed E-state index contributed by atoms with van der Waals surface area (Å²) in [5.41, 5.74) is 1.62. The number of halogens is 3. The lowest BCUT2D eigenvalue weighted by atomic mass is 10.2. The minimum absolute atomic E-state index is 0.0876. The molecule has 1 amide bonds. The summed E-state index contributed by atoms with van der Waals surface area (Å²) in [7, 11) is 0. The molecule has 7 heteroatoms. The van der Waals surface area contributed by atoms with E-state index in [0.717, 1.165) is 36.9 Å². The molecule has 0 spiro atoms. The third-order valence-corrected chi connectivity index (χ3v) is 5.01. The topological polar surface area (TPSA) is 35.6 Å². The average molecular weight is 399 g/mol. The second-order valence-corrected chi connectivity index (χ2v) is 7.14. The fourth-order valence-corrected chi connectivity index (χ4v) is 3.55. The van der Waals surface area contributed by atoms with Crippen molar-refractivity contribution in [1.82, 2.24) is 4.90 Å². The Hall–Kier alpha value is -1.46. The quantitative estimate of drug-likeness (QED) is 0.829. The molecule has 2 aromatic rings. The molecule has 1 heterocycles. The van der Waals surface area contributed by atoms with E-state index >= 15 is 0 Å². The molecule has 0 bridgehead atoms. The normalized spacial score (nSPS) is 15.2. The van der Waals surface area contributed by atoms with Gasteiger partial charge >= 0.3 is 0 Å². The molecule has 1 N–H and O–H groups in total. The second-order valence-electron chi connectivity index (χ2n) is 5.89. The summed E-state index contributed by atoms with van der Waals surface area (Å²) in [6.07, 6.45) is 0. The van der Waals surface area contributed by atoms with Crippen molar-refractivity contribution in [2.24, 2.45) is 0 Å². The molecule has 0 unspecified atom stereocenters. The Morgan fingerprint density at radius 3 is 2.36 bits per heavy atom. The minimum Gasteiger partial charge on any atom is -0.368 e. The van der Waals surface area contributed by atoms with Crippen molar-refractivity contribution in [3.8, 4) is 0 Å². The lowest BCUT2D eigenvalue weighted by Crippen LogP contribution is -2.48. The number of nitrogens with one attached hydrogen (secondary N) is 1. The standard InChI is InChI=1S/C18H18Cl3N3O/c19-13-5-6-16(15(21)11-13)22-18(25)12-23-7-9-24(10-8-23)17-4-2-1-3-14(17)20/h1-6,11H,7-10,12H2,(H,22,25). The van der Waals surface area contributed by atoms with Crippen molar-refractivity contribution in [2.45, 2.75) is 0 Å². The lowest BCUT2D eigenvalue weighted by molar-refractivity contribution is -0.117. The molecule has 1 saturated heterocycles. The zero-order chi connectivity index (χ0) is 17.8. The van der Waals surface area contributed by atoms with Crippen LogP contribution < -0.4 is 10.2 Å². The maximum atomic E-state index is 12.2. The zero-order valence-corrected chi connectivity index (χ0v) is 15.8. The van der Waals surface area contributed by atoms with E-state index in [2.05, 4.69) is 15.1 Å². The van der Waals surface area contributed by atoms with E-state index < -0.39 is 0 Å². The van der Waals surface area contributed by atoms with Crippen LogP contribution in [-0.4, -0.2) is 43.5 Å². The van der Waals surface area contributed by atoms with Crippen LogP contribution in [0.5, 0.6) is 0 Å². The number of piperazine rings is 1. The van der Waals surface area contributed by atoms with Gasteiger partial charge in [-0.15, -0.1) is 0 Å². The summed E-state index contributed by atoms with van der Waals surface area (Å²) < 4.78 is 0. The van der Waals surface area contributed by atoms with Gasteiger partial charge in [0.2, 0.25) is 5.91 Å². The molecule has 1 aliphatic heterocycles. The van der Waals surface area contributed by atoms with Gasteiger partial charge in [-0.3, -0.25) is 9.69 Å². The minimum atomic E-state index is -0.0876. The number of carbonyl (C=O) groups excluding carboxylic acids is 1. The van der Waals surface area contributed by atoms with Gasteiger partial charge in [-0.25, -0.2) is 0 Å². The number of nitrogens with zero attached hydrogens (tertiary/aromatic N) is 2. The van der Waals surface area contributed by atoms with Crippen molar-refractivity contribution < 1.29 is 4.79 Å². The summed E-state index contributed by atoms with van der Waals surface area (Å²) in [5.74, 6) is -0.0876. The Morgan fingerprint density at radius 2 is 1.68 bits per heavy atom. The van der Waals surface area contributed by atoms with Crippen LogP contribution in [0.25, 0.3) is 0 Å². The van der Waals surface area contributed by atoms with Gasteiger partial charge in [0.1, 0.15) is 0 Å². The molecule has 1 fully saturated rings. The molecule has 0 aromatic heterocycles. The first-order valence-electron chi connectivity index (χ1n) is 7.99. The third-order valence-electron chi connectivity index (χ3n) is 4.14. The first-order valence-corrected chi connectivity index (χ1v) is 9.13. The predicted molar refractivity (Wildman–Crippen MR) is 105 cm³/mol. The fourth-order valence-electron chi connectivity index (χ4n) is 2.84. The Morgan fingerprint density at radius 1 is 0.960 bits per heavy atom. The van der Waals surface area contributed by atoms with E-state index in [0.29, 0.717) is 22.3 Å². The highest BCUT2D eigenvalue weighted by atomic mass is 35.5. The van der Waals surface area contributed by atoms with Gasteiger partial charge in [-0.05, 0) is 30.3 Å². The number of hydrogen-bond donors (Lipinski definition) is 1. The van der Waals surface area contributed by atoms with Crippen molar-refractivity contribution in [3.05, 3.63) is 57.5 Å². The number of rotatable bonds is 4. The first kappa shape index (κ1) is 18.3. The van der Waals surface area contributed by atoms with E-state index in [-0.39, 0.29) is 5.91 Å². The fraction of sp³-hybridized carbons (Fsp3) is 0.278. The van der Waals surface area contributed by atoms with Gasteiger partial charge in [0.05, 0.1) is 28.0 Å². The molecule has 0 atom stereocenters. The highest BCUT2D eigenvalue weighted by molar-refractivity contribution is 6.36. The molecule has 4 nitrogen and oxygen atoms in total. The predicted octanol–water partition coefficient (Wildman–Crippen LogP) is 4.41. The Balaban J connectivity index is 1.52. The van der Waals surface area contributed by atoms with Gasteiger partial charge in [-0.2, -0.15) is 0 Å². The molecule has 0 radical (unpaired) electrons. The Kier molecular flexibility index (Phi) is 6.07. The highest BCUT2D eigenvalue weighted by Crippen LogP contribution is 2.27. The van der Waals surface area contributed by atoms with Crippen LogP contribution in [-0.2, 0) is 4.79 Å². The molecular weight excluding hydrogens is 381 g/mol. The van der Waals surface area contributed by atoms with Crippen molar-refractivity contribution >= 4 is 52.1 Å². The van der Waals surface area contributed by atoms with Crippen molar-refractivity contribution in [1.29, 1.82) is 0 Å². The van der Waals surface area contributed by atoms with Crippen LogP contribution >= 0.6 is 34.8 Å². The van der Waals surface area contributed by atoms with Crippen LogP contribution in [0.4, 0.5) is 11.4 Å². The third kappa shape index (κ3) is 4.79. The Bertz CT molecular complexity index is 761. The SMILES string of the molecule is O=C(CN1CCN(c2ccccc2Cl)CC1)Nc1ccc(Cl)cc1Cl. The van der Waals surface area contributed by atoms with Gasteiger partial charge in [0.15, 0.2) is 0 Å². The number of benzene rings is 2. The van der Waals surface area contributed by atoms with E-state index in [1.165, 1.54) is 0 Å². The summed E-state index contributed by atoms with van der Waals surface area (Å²) >= 11 is 18.2. The van der Waals surface area contributed by atoms with E-state index in [9.17, 15) is 4.79 Å². The highest BCUT2D eigenvalue weighted by Gasteiger charge is 2.20. The molecule has 0 aliphatic carbocycles. The van der Waals surface area contributed by atoms with E-state index in [1.54, 1.807) is 18.2 Å². The number of hydrogen-bond acceptors (Lipinski definition) is 3. The molecule has 2 aromatic carbocycles. The maximum Gasteiger partial charge on any atom is 0.238 e. The lowest BCUT2D eigenvalue weighted by Gasteiger charge is -2.36. The summed E-state index contributed by atoms with van der Waals surface area (Å²) in [6.45, 7) is 3.59. The molecule has 3 rings (SSSR count). The first-order chi connectivity index (χ1) is 12.0. The van der Waals surface area contributed by atoms with Gasteiger partial charge < -0.3 is 10.2 Å². The van der Waals surface area contributed by atoms with Crippen LogP contribution in [0.3, 0.4) is 0 Å².